The van der Waals surface area contributed by atoms with E-state index in [1.165, 1.54) is 17.7 Å². The zero-order valence-corrected chi connectivity index (χ0v) is 13.7. The zero-order chi connectivity index (χ0) is 16.9. The summed E-state index contributed by atoms with van der Waals surface area (Å²) in [7, 11) is 0. The monoisotopic (exact) mass is 327 g/mol. The van der Waals surface area contributed by atoms with Gasteiger partial charge in [-0.25, -0.2) is 9.38 Å². The van der Waals surface area contributed by atoms with Crippen LogP contribution in [0.15, 0.2) is 53.5 Å². The average Bonchev–Trinajstić information content (AvgIpc) is 3.02. The molecule has 0 spiro atoms. The second-order valence-corrected chi connectivity index (χ2v) is 5.80. The van der Waals surface area contributed by atoms with Crippen LogP contribution in [0.1, 0.15) is 24.2 Å². The van der Waals surface area contributed by atoms with Crippen molar-refractivity contribution in [2.75, 3.05) is 24.5 Å². The largest absolute Gasteiger partial charge is 0.386 e. The number of halogens is 1. The lowest BCUT2D eigenvalue weighted by atomic mass is 10.1. The first-order chi connectivity index (χ1) is 11.7. The van der Waals surface area contributed by atoms with Crippen molar-refractivity contribution >= 4 is 11.6 Å². The Bertz CT molecular complexity index is 732. The second kappa shape index (κ2) is 7.45. The van der Waals surface area contributed by atoms with Crippen molar-refractivity contribution in [1.82, 2.24) is 5.32 Å². The van der Waals surface area contributed by atoms with Crippen LogP contribution in [0.4, 0.5) is 10.1 Å². The van der Waals surface area contributed by atoms with Crippen LogP contribution >= 0.6 is 0 Å². The molecule has 5 heteroatoms. The summed E-state index contributed by atoms with van der Waals surface area (Å²) in [6, 6.07) is 14.3. The average molecular weight is 327 g/mol. The fraction of sp³-hybridized carbons (Fsp3) is 0.316. The molecule has 1 atom stereocenters. The summed E-state index contributed by atoms with van der Waals surface area (Å²) in [4.78, 5) is 6.70. The van der Waals surface area contributed by atoms with Crippen molar-refractivity contribution in [3.8, 4) is 0 Å². The number of hydrogen-bond acceptors (Lipinski definition) is 2. The molecule has 1 unspecified atom stereocenters. The minimum absolute atomic E-state index is 0.185. The third kappa shape index (κ3) is 3.57. The Labute approximate surface area is 141 Å². The first-order valence-corrected chi connectivity index (χ1v) is 8.26. The van der Waals surface area contributed by atoms with Gasteiger partial charge in [0.15, 0.2) is 5.96 Å². The molecule has 0 aliphatic carbocycles. The topological polar surface area (TPSA) is 47.9 Å². The van der Waals surface area contributed by atoms with Gasteiger partial charge in [-0.2, -0.15) is 0 Å². The fourth-order valence-corrected chi connectivity index (χ4v) is 2.95. The van der Waals surface area contributed by atoms with E-state index in [1.54, 1.807) is 12.1 Å². The highest BCUT2D eigenvalue weighted by atomic mass is 19.1. The van der Waals surface area contributed by atoms with Crippen molar-refractivity contribution in [3.63, 3.8) is 0 Å². The van der Waals surface area contributed by atoms with E-state index in [1.807, 2.05) is 19.1 Å². The van der Waals surface area contributed by atoms with Gasteiger partial charge >= 0.3 is 0 Å². The number of fused-ring (bicyclic) bond motifs is 1. The minimum atomic E-state index is -0.827. The maximum atomic E-state index is 13.3. The highest BCUT2D eigenvalue weighted by molar-refractivity contribution is 5.97. The number of rotatable bonds is 4. The number of aliphatic hydroxyl groups is 1. The number of aliphatic imine (C=N–C) groups is 1. The van der Waals surface area contributed by atoms with Crippen molar-refractivity contribution in [2.24, 2.45) is 4.99 Å². The van der Waals surface area contributed by atoms with Gasteiger partial charge in [-0.1, -0.05) is 30.3 Å². The van der Waals surface area contributed by atoms with Crippen LogP contribution in [0.3, 0.4) is 0 Å². The quantitative estimate of drug-likeness (QED) is 0.670. The van der Waals surface area contributed by atoms with E-state index < -0.39 is 6.10 Å². The zero-order valence-electron chi connectivity index (χ0n) is 13.7. The summed E-state index contributed by atoms with van der Waals surface area (Å²) < 4.78 is 13.3. The van der Waals surface area contributed by atoms with Gasteiger partial charge in [-0.05, 0) is 42.7 Å². The standard InChI is InChI=1S/C19H22FN3O/c1-2-21-19(23-11-10-14-6-3-4-9-17(14)23)22-13-18(24)15-7-5-8-16(20)12-15/h3-9,12,18,24H,2,10-11,13H2,1H3,(H,21,22). The smallest absolute Gasteiger partial charge is 0.198 e. The third-order valence-corrected chi connectivity index (χ3v) is 4.13. The molecule has 0 radical (unpaired) electrons. The Morgan fingerprint density at radius 2 is 2.12 bits per heavy atom. The Hall–Kier alpha value is -2.40. The predicted octanol–water partition coefficient (Wildman–Crippen LogP) is 2.89. The van der Waals surface area contributed by atoms with E-state index in [4.69, 9.17) is 0 Å². The van der Waals surface area contributed by atoms with Crippen LogP contribution in [0.5, 0.6) is 0 Å². The van der Waals surface area contributed by atoms with Crippen molar-refractivity contribution in [3.05, 3.63) is 65.5 Å². The number of para-hydroxylation sites is 1. The highest BCUT2D eigenvalue weighted by Crippen LogP contribution is 2.27. The first-order valence-electron chi connectivity index (χ1n) is 8.26. The molecule has 0 fully saturated rings. The second-order valence-electron chi connectivity index (χ2n) is 5.80. The lowest BCUT2D eigenvalue weighted by Gasteiger charge is -2.22. The van der Waals surface area contributed by atoms with Gasteiger partial charge in [0.25, 0.3) is 0 Å². The lowest BCUT2D eigenvalue weighted by Crippen LogP contribution is -2.40. The Kier molecular flexibility index (Phi) is 5.11. The number of guanidine groups is 1. The van der Waals surface area contributed by atoms with Crippen molar-refractivity contribution in [1.29, 1.82) is 0 Å². The van der Waals surface area contributed by atoms with Gasteiger partial charge in [-0.15, -0.1) is 0 Å². The van der Waals surface area contributed by atoms with E-state index in [2.05, 4.69) is 27.3 Å². The van der Waals surface area contributed by atoms with Crippen molar-refractivity contribution in [2.45, 2.75) is 19.4 Å². The molecule has 0 saturated heterocycles. The molecule has 1 aliphatic rings. The number of aliphatic hydroxyl groups excluding tert-OH is 1. The van der Waals surface area contributed by atoms with E-state index in [-0.39, 0.29) is 12.4 Å². The summed E-state index contributed by atoms with van der Waals surface area (Å²) in [5.74, 6) is 0.397. The number of benzene rings is 2. The molecule has 1 aliphatic heterocycles. The van der Waals surface area contributed by atoms with Crippen LogP contribution in [0.25, 0.3) is 0 Å². The van der Waals surface area contributed by atoms with Gasteiger partial charge < -0.3 is 15.3 Å². The molecule has 2 aromatic rings. The molecular formula is C19H22FN3O. The summed E-state index contributed by atoms with van der Waals surface area (Å²) in [6.07, 6.45) is 0.153. The molecule has 4 nitrogen and oxygen atoms in total. The molecular weight excluding hydrogens is 305 g/mol. The summed E-state index contributed by atoms with van der Waals surface area (Å²) in [5, 5.41) is 13.6. The maximum absolute atomic E-state index is 13.3. The van der Waals surface area contributed by atoms with E-state index in [0.717, 1.165) is 31.2 Å². The molecule has 0 aromatic heterocycles. The number of nitrogens with one attached hydrogen (secondary N) is 1. The number of nitrogens with zero attached hydrogens (tertiary/aromatic N) is 2. The van der Waals surface area contributed by atoms with Gasteiger partial charge in [0.05, 0.1) is 12.6 Å². The van der Waals surface area contributed by atoms with Crippen LogP contribution < -0.4 is 10.2 Å². The molecule has 0 saturated carbocycles. The first kappa shape index (κ1) is 16.5. The number of anilines is 1. The van der Waals surface area contributed by atoms with Gasteiger partial charge in [0.2, 0.25) is 0 Å². The van der Waals surface area contributed by atoms with Crippen LogP contribution in [0.2, 0.25) is 0 Å². The summed E-state index contributed by atoms with van der Waals surface area (Å²) in [6.45, 7) is 3.81. The van der Waals surface area contributed by atoms with E-state index in [0.29, 0.717) is 5.56 Å². The lowest BCUT2D eigenvalue weighted by molar-refractivity contribution is 0.186. The van der Waals surface area contributed by atoms with E-state index in [9.17, 15) is 9.50 Å². The Morgan fingerprint density at radius 1 is 1.29 bits per heavy atom. The molecule has 126 valence electrons. The fourth-order valence-electron chi connectivity index (χ4n) is 2.95. The Morgan fingerprint density at radius 3 is 2.92 bits per heavy atom. The van der Waals surface area contributed by atoms with Gasteiger partial charge in [0.1, 0.15) is 5.82 Å². The van der Waals surface area contributed by atoms with Gasteiger partial charge in [0, 0.05) is 18.8 Å². The van der Waals surface area contributed by atoms with Crippen LogP contribution in [-0.2, 0) is 6.42 Å². The molecule has 2 aromatic carbocycles. The number of hydrogen-bond donors (Lipinski definition) is 2. The molecule has 24 heavy (non-hydrogen) atoms. The highest BCUT2D eigenvalue weighted by Gasteiger charge is 2.22. The maximum Gasteiger partial charge on any atom is 0.198 e. The predicted molar refractivity (Wildman–Crippen MR) is 94.8 cm³/mol. The van der Waals surface area contributed by atoms with E-state index >= 15 is 0 Å². The summed E-state index contributed by atoms with van der Waals surface area (Å²) in [5.41, 5.74) is 2.99. The van der Waals surface area contributed by atoms with Crippen molar-refractivity contribution < 1.29 is 9.50 Å². The van der Waals surface area contributed by atoms with Crippen LogP contribution in [-0.4, -0.2) is 30.7 Å². The molecule has 0 bridgehead atoms. The minimum Gasteiger partial charge on any atom is -0.386 e. The normalized spacial score (nSPS) is 15.3. The molecule has 2 N–H and O–H groups in total. The van der Waals surface area contributed by atoms with Gasteiger partial charge in [-0.3, -0.25) is 0 Å². The molecule has 0 amide bonds. The Balaban J connectivity index is 1.77. The molecule has 3 rings (SSSR count). The van der Waals surface area contributed by atoms with Crippen LogP contribution in [0, 0.1) is 5.82 Å². The molecule has 1 heterocycles. The third-order valence-electron chi connectivity index (χ3n) is 4.13. The summed E-state index contributed by atoms with van der Waals surface area (Å²) >= 11 is 0. The SMILES string of the molecule is CCNC(=NCC(O)c1cccc(F)c1)N1CCc2ccccc21.